The number of amides is 1. The number of hydrogen-bond acceptors (Lipinski definition) is 3. The van der Waals surface area contributed by atoms with Crippen LogP contribution in [0.3, 0.4) is 0 Å². The van der Waals surface area contributed by atoms with E-state index in [4.69, 9.17) is 16.2 Å². The van der Waals surface area contributed by atoms with E-state index in [2.05, 4.69) is 0 Å². The first-order valence-electron chi connectivity index (χ1n) is 6.36. The van der Waals surface area contributed by atoms with Gasteiger partial charge in [-0.1, -0.05) is 18.2 Å². The van der Waals surface area contributed by atoms with Crippen LogP contribution in [0.25, 0.3) is 0 Å². The number of nitrogens with two attached hydrogens (primary N) is 2. The molecule has 2 aromatic carbocycles. The van der Waals surface area contributed by atoms with E-state index in [-0.39, 0.29) is 0 Å². The van der Waals surface area contributed by atoms with Crippen molar-refractivity contribution in [2.24, 2.45) is 5.73 Å². The van der Waals surface area contributed by atoms with Crippen molar-refractivity contribution in [2.45, 2.75) is 20.5 Å². The van der Waals surface area contributed by atoms with Crippen LogP contribution >= 0.6 is 0 Å². The van der Waals surface area contributed by atoms with E-state index in [1.807, 2.05) is 32.0 Å². The highest BCUT2D eigenvalue weighted by Crippen LogP contribution is 2.28. The Labute approximate surface area is 118 Å². The van der Waals surface area contributed by atoms with Gasteiger partial charge in [0.05, 0.1) is 0 Å². The van der Waals surface area contributed by atoms with E-state index in [0.717, 1.165) is 22.4 Å². The van der Waals surface area contributed by atoms with Gasteiger partial charge in [-0.05, 0) is 43.2 Å². The number of benzene rings is 2. The van der Waals surface area contributed by atoms with Crippen molar-refractivity contribution in [3.05, 3.63) is 58.7 Å². The quantitative estimate of drug-likeness (QED) is 0.838. The summed E-state index contributed by atoms with van der Waals surface area (Å²) < 4.78 is 5.84. The Morgan fingerprint density at radius 3 is 2.65 bits per heavy atom. The highest BCUT2D eigenvalue weighted by Gasteiger charge is 2.08. The fourth-order valence-corrected chi connectivity index (χ4v) is 2.03. The minimum absolute atomic E-state index is 0.367. The van der Waals surface area contributed by atoms with E-state index >= 15 is 0 Å². The summed E-state index contributed by atoms with van der Waals surface area (Å²) in [5, 5.41) is 0. The molecule has 0 unspecified atom stereocenters. The lowest BCUT2D eigenvalue weighted by Crippen LogP contribution is -2.11. The standard InChI is InChI=1S/C16H18N2O2/c1-10-6-7-14(17)11(2)15(10)20-9-12-4-3-5-13(8-12)16(18)19/h3-8H,9,17H2,1-2H3,(H2,18,19). The number of primary amides is 1. The fourth-order valence-electron chi connectivity index (χ4n) is 2.03. The van der Waals surface area contributed by atoms with Gasteiger partial charge in [0.15, 0.2) is 0 Å². The average molecular weight is 270 g/mol. The molecule has 0 saturated carbocycles. The SMILES string of the molecule is Cc1ccc(N)c(C)c1OCc1cccc(C(N)=O)c1. The molecule has 0 fully saturated rings. The third-order valence-electron chi connectivity index (χ3n) is 3.24. The first-order valence-corrected chi connectivity index (χ1v) is 6.36. The molecule has 2 aromatic rings. The molecule has 0 aromatic heterocycles. The van der Waals surface area contributed by atoms with Crippen molar-refractivity contribution in [3.8, 4) is 5.75 Å². The lowest BCUT2D eigenvalue weighted by Gasteiger charge is -2.14. The molecule has 0 heterocycles. The van der Waals surface area contributed by atoms with Gasteiger partial charge in [-0.3, -0.25) is 4.79 Å². The predicted molar refractivity (Wildman–Crippen MR) is 79.6 cm³/mol. The maximum Gasteiger partial charge on any atom is 0.248 e. The molecule has 0 spiro atoms. The second-order valence-corrected chi connectivity index (χ2v) is 4.78. The Morgan fingerprint density at radius 2 is 1.95 bits per heavy atom. The van der Waals surface area contributed by atoms with Crippen molar-refractivity contribution < 1.29 is 9.53 Å². The summed E-state index contributed by atoms with van der Waals surface area (Å²) in [6, 6.07) is 10.9. The first-order chi connectivity index (χ1) is 9.49. The molecule has 0 aliphatic carbocycles. The second kappa shape index (κ2) is 5.65. The van der Waals surface area contributed by atoms with Gasteiger partial charge < -0.3 is 16.2 Å². The van der Waals surface area contributed by atoms with E-state index in [0.29, 0.717) is 17.9 Å². The smallest absolute Gasteiger partial charge is 0.248 e. The molecule has 1 amide bonds. The Morgan fingerprint density at radius 1 is 1.20 bits per heavy atom. The Bertz CT molecular complexity index is 651. The number of ether oxygens (including phenoxy) is 1. The molecule has 20 heavy (non-hydrogen) atoms. The van der Waals surface area contributed by atoms with Gasteiger partial charge in [0.1, 0.15) is 12.4 Å². The number of rotatable bonds is 4. The average Bonchev–Trinajstić information content (AvgIpc) is 2.43. The number of aryl methyl sites for hydroxylation is 1. The molecule has 4 heteroatoms. The lowest BCUT2D eigenvalue weighted by molar-refractivity contribution is 0.1000. The third kappa shape index (κ3) is 2.91. The van der Waals surface area contributed by atoms with Crippen molar-refractivity contribution in [1.82, 2.24) is 0 Å². The molecular formula is C16H18N2O2. The summed E-state index contributed by atoms with van der Waals surface area (Å²) in [7, 11) is 0. The van der Waals surface area contributed by atoms with Crippen LogP contribution in [-0.2, 0) is 6.61 Å². The van der Waals surface area contributed by atoms with Crippen LogP contribution in [-0.4, -0.2) is 5.91 Å². The Kier molecular flexibility index (Phi) is 3.94. The number of anilines is 1. The maximum atomic E-state index is 11.1. The van der Waals surface area contributed by atoms with Gasteiger partial charge in [-0.25, -0.2) is 0 Å². The van der Waals surface area contributed by atoms with Crippen molar-refractivity contribution >= 4 is 11.6 Å². The molecule has 0 radical (unpaired) electrons. The zero-order chi connectivity index (χ0) is 14.7. The van der Waals surface area contributed by atoms with Crippen LogP contribution in [0, 0.1) is 13.8 Å². The predicted octanol–water partition coefficient (Wildman–Crippen LogP) is 2.56. The van der Waals surface area contributed by atoms with Gasteiger partial charge in [-0.15, -0.1) is 0 Å². The van der Waals surface area contributed by atoms with Crippen LogP contribution in [0.4, 0.5) is 5.69 Å². The van der Waals surface area contributed by atoms with Crippen molar-refractivity contribution in [1.29, 1.82) is 0 Å². The minimum atomic E-state index is -0.442. The Hall–Kier alpha value is -2.49. The van der Waals surface area contributed by atoms with E-state index in [1.165, 1.54) is 0 Å². The van der Waals surface area contributed by atoms with Crippen molar-refractivity contribution in [2.75, 3.05) is 5.73 Å². The number of carbonyl (C=O) groups excluding carboxylic acids is 1. The van der Waals surface area contributed by atoms with Gasteiger partial charge in [0.2, 0.25) is 5.91 Å². The zero-order valence-corrected chi connectivity index (χ0v) is 11.6. The molecule has 0 atom stereocenters. The van der Waals surface area contributed by atoms with Crippen LogP contribution in [0.15, 0.2) is 36.4 Å². The summed E-state index contributed by atoms with van der Waals surface area (Å²) in [6.45, 7) is 4.27. The molecule has 4 nitrogen and oxygen atoms in total. The van der Waals surface area contributed by atoms with Crippen molar-refractivity contribution in [3.63, 3.8) is 0 Å². The molecule has 0 bridgehead atoms. The van der Waals surface area contributed by atoms with Crippen LogP contribution in [0.5, 0.6) is 5.75 Å². The number of carbonyl (C=O) groups is 1. The highest BCUT2D eigenvalue weighted by molar-refractivity contribution is 5.92. The Balaban J connectivity index is 2.19. The van der Waals surface area contributed by atoms with E-state index < -0.39 is 5.91 Å². The summed E-state index contributed by atoms with van der Waals surface area (Å²) in [5.41, 5.74) is 15.2. The van der Waals surface area contributed by atoms with Gasteiger partial charge >= 0.3 is 0 Å². The van der Waals surface area contributed by atoms with Gasteiger partial charge in [-0.2, -0.15) is 0 Å². The zero-order valence-electron chi connectivity index (χ0n) is 11.6. The molecule has 2 rings (SSSR count). The fraction of sp³-hybridized carbons (Fsp3) is 0.188. The molecule has 0 saturated heterocycles. The summed E-state index contributed by atoms with van der Waals surface area (Å²) in [4.78, 5) is 11.1. The van der Waals surface area contributed by atoms with E-state index in [1.54, 1.807) is 18.2 Å². The molecule has 4 N–H and O–H groups in total. The topological polar surface area (TPSA) is 78.3 Å². The number of hydrogen-bond donors (Lipinski definition) is 2. The summed E-state index contributed by atoms with van der Waals surface area (Å²) >= 11 is 0. The van der Waals surface area contributed by atoms with E-state index in [9.17, 15) is 4.79 Å². The van der Waals surface area contributed by atoms with Crippen LogP contribution in [0.2, 0.25) is 0 Å². The number of nitrogen functional groups attached to an aromatic ring is 1. The maximum absolute atomic E-state index is 11.1. The molecule has 104 valence electrons. The highest BCUT2D eigenvalue weighted by atomic mass is 16.5. The van der Waals surface area contributed by atoms with Gasteiger partial charge in [0, 0.05) is 16.8 Å². The van der Waals surface area contributed by atoms with Crippen LogP contribution in [0.1, 0.15) is 27.0 Å². The first kappa shape index (κ1) is 13.9. The van der Waals surface area contributed by atoms with Gasteiger partial charge in [0.25, 0.3) is 0 Å². The summed E-state index contributed by atoms with van der Waals surface area (Å²) in [6.07, 6.45) is 0. The molecular weight excluding hydrogens is 252 g/mol. The minimum Gasteiger partial charge on any atom is -0.488 e. The lowest BCUT2D eigenvalue weighted by atomic mass is 10.1. The molecule has 0 aliphatic rings. The molecule has 0 aliphatic heterocycles. The summed E-state index contributed by atoms with van der Waals surface area (Å²) in [5.74, 6) is 0.345. The second-order valence-electron chi connectivity index (χ2n) is 4.78. The third-order valence-corrected chi connectivity index (χ3v) is 3.24. The monoisotopic (exact) mass is 270 g/mol. The normalized spacial score (nSPS) is 10.3. The largest absolute Gasteiger partial charge is 0.488 e. The van der Waals surface area contributed by atoms with Crippen LogP contribution < -0.4 is 16.2 Å².